The molecule has 0 saturated carbocycles. The van der Waals surface area contributed by atoms with Gasteiger partial charge < -0.3 is 9.80 Å². The normalized spacial score (nSPS) is 24.1. The molecule has 2 rings (SSSR count). The molecule has 5 nitrogen and oxygen atoms in total. The second kappa shape index (κ2) is 5.60. The summed E-state index contributed by atoms with van der Waals surface area (Å²) >= 11 is 0. The van der Waals surface area contributed by atoms with Crippen molar-refractivity contribution in [2.24, 2.45) is 0 Å². The average molecular weight is 239 g/mol. The van der Waals surface area contributed by atoms with Gasteiger partial charge in [0.15, 0.2) is 0 Å². The van der Waals surface area contributed by atoms with Gasteiger partial charge in [0.05, 0.1) is 6.54 Å². The van der Waals surface area contributed by atoms with Crippen LogP contribution in [0.1, 0.15) is 12.8 Å². The van der Waals surface area contributed by atoms with Crippen molar-refractivity contribution in [3.8, 4) is 0 Å². The lowest BCUT2D eigenvalue weighted by molar-refractivity contribution is -0.135. The molecule has 0 unspecified atom stereocenters. The van der Waals surface area contributed by atoms with Crippen molar-refractivity contribution in [2.45, 2.75) is 12.8 Å². The van der Waals surface area contributed by atoms with E-state index in [4.69, 9.17) is 0 Å². The lowest BCUT2D eigenvalue weighted by atomic mass is 10.1. The zero-order chi connectivity index (χ0) is 12.3. The molecule has 0 aromatic heterocycles. The number of piperazine rings is 1. The van der Waals surface area contributed by atoms with Crippen molar-refractivity contribution < 1.29 is 9.59 Å². The molecule has 5 heteroatoms. The number of carbonyl (C=O) groups is 2. The van der Waals surface area contributed by atoms with Crippen LogP contribution in [0.15, 0.2) is 0 Å². The molecule has 0 aromatic rings. The summed E-state index contributed by atoms with van der Waals surface area (Å²) in [6, 6.07) is 0. The number of nitrogens with zero attached hydrogens (tertiary/aromatic N) is 3. The number of Topliss-reactive ketones (excluding diaryl/α,β-unsaturated/α-hetero) is 1. The molecular weight excluding hydrogens is 218 g/mol. The van der Waals surface area contributed by atoms with Gasteiger partial charge in [-0.25, -0.2) is 0 Å². The van der Waals surface area contributed by atoms with Gasteiger partial charge in [-0.3, -0.25) is 14.5 Å². The molecule has 0 aromatic carbocycles. The lowest BCUT2D eigenvalue weighted by Crippen LogP contribution is -2.50. The maximum atomic E-state index is 12.0. The van der Waals surface area contributed by atoms with E-state index in [0.29, 0.717) is 32.5 Å². The van der Waals surface area contributed by atoms with Gasteiger partial charge in [-0.1, -0.05) is 0 Å². The fourth-order valence-electron chi connectivity index (χ4n) is 2.30. The van der Waals surface area contributed by atoms with E-state index < -0.39 is 0 Å². The van der Waals surface area contributed by atoms with Gasteiger partial charge in [-0.2, -0.15) is 0 Å². The molecule has 0 radical (unpaired) electrons. The molecular formula is C12H21N3O2. The number of amides is 1. The number of ketones is 1. The number of likely N-dealkylation sites (N-methyl/N-ethyl adjacent to an activating group) is 1. The third-order valence-electron chi connectivity index (χ3n) is 3.63. The third-order valence-corrected chi connectivity index (χ3v) is 3.63. The number of hydrogen-bond acceptors (Lipinski definition) is 4. The van der Waals surface area contributed by atoms with E-state index in [1.165, 1.54) is 0 Å². The molecule has 17 heavy (non-hydrogen) atoms. The van der Waals surface area contributed by atoms with Gasteiger partial charge in [-0.05, 0) is 7.05 Å². The highest BCUT2D eigenvalue weighted by Gasteiger charge is 2.23. The highest BCUT2D eigenvalue weighted by atomic mass is 16.2. The minimum absolute atomic E-state index is 0.182. The number of piperidine rings is 1. The quantitative estimate of drug-likeness (QED) is 0.647. The Morgan fingerprint density at radius 1 is 1.06 bits per heavy atom. The maximum absolute atomic E-state index is 12.0. The van der Waals surface area contributed by atoms with Crippen molar-refractivity contribution in [3.63, 3.8) is 0 Å². The first-order valence-corrected chi connectivity index (χ1v) is 6.35. The van der Waals surface area contributed by atoms with E-state index >= 15 is 0 Å². The van der Waals surface area contributed by atoms with Crippen LogP contribution < -0.4 is 0 Å². The summed E-state index contributed by atoms with van der Waals surface area (Å²) in [7, 11) is 2.11. The largest absolute Gasteiger partial charge is 0.341 e. The Bertz CT molecular complexity index is 288. The molecule has 1 amide bonds. The molecule has 0 aliphatic carbocycles. The minimum atomic E-state index is 0.182. The van der Waals surface area contributed by atoms with Crippen LogP contribution in [0.2, 0.25) is 0 Å². The van der Waals surface area contributed by atoms with Crippen LogP contribution in [0.3, 0.4) is 0 Å². The first-order valence-electron chi connectivity index (χ1n) is 6.35. The van der Waals surface area contributed by atoms with Crippen molar-refractivity contribution in [1.29, 1.82) is 0 Å². The second-order valence-electron chi connectivity index (χ2n) is 5.00. The van der Waals surface area contributed by atoms with E-state index in [-0.39, 0.29) is 11.7 Å². The summed E-state index contributed by atoms with van der Waals surface area (Å²) in [6.07, 6.45) is 1.07. The number of rotatable bonds is 2. The fraction of sp³-hybridized carbons (Fsp3) is 0.833. The molecule has 96 valence electrons. The van der Waals surface area contributed by atoms with Gasteiger partial charge in [0.2, 0.25) is 5.91 Å². The van der Waals surface area contributed by atoms with Crippen molar-refractivity contribution in [1.82, 2.24) is 14.7 Å². The summed E-state index contributed by atoms with van der Waals surface area (Å²) in [4.78, 5) is 29.4. The van der Waals surface area contributed by atoms with Crippen LogP contribution in [0.4, 0.5) is 0 Å². The average Bonchev–Trinajstić information content (AvgIpc) is 2.33. The molecule has 0 atom stereocenters. The van der Waals surface area contributed by atoms with Gasteiger partial charge in [0, 0.05) is 52.1 Å². The van der Waals surface area contributed by atoms with Crippen LogP contribution >= 0.6 is 0 Å². The molecule has 2 fully saturated rings. The van der Waals surface area contributed by atoms with E-state index in [0.717, 1.165) is 26.2 Å². The van der Waals surface area contributed by atoms with Gasteiger partial charge in [0.25, 0.3) is 0 Å². The van der Waals surface area contributed by atoms with Gasteiger partial charge >= 0.3 is 0 Å². The molecule has 0 N–H and O–H groups in total. The number of likely N-dealkylation sites (tertiary alicyclic amines) is 1. The van der Waals surface area contributed by atoms with E-state index in [1.807, 2.05) is 4.90 Å². The molecule has 2 aliphatic heterocycles. The summed E-state index contributed by atoms with van der Waals surface area (Å²) in [5, 5.41) is 0. The first-order chi connectivity index (χ1) is 8.15. The van der Waals surface area contributed by atoms with Gasteiger partial charge in [-0.15, -0.1) is 0 Å². The molecule has 0 spiro atoms. The predicted molar refractivity (Wildman–Crippen MR) is 64.8 cm³/mol. The Morgan fingerprint density at radius 3 is 2.24 bits per heavy atom. The summed E-state index contributed by atoms with van der Waals surface area (Å²) in [5.41, 5.74) is 0. The summed E-state index contributed by atoms with van der Waals surface area (Å²) in [6.45, 7) is 5.75. The standard InChI is InChI=1S/C12H21N3O2/c1-13-6-8-14(9-7-13)10-12(17)15-4-2-11(16)3-5-15/h2-10H2,1H3. The Kier molecular flexibility index (Phi) is 4.12. The van der Waals surface area contributed by atoms with Crippen molar-refractivity contribution in [3.05, 3.63) is 0 Å². The predicted octanol–water partition coefficient (Wildman–Crippen LogP) is -0.575. The monoisotopic (exact) mass is 239 g/mol. The highest BCUT2D eigenvalue weighted by molar-refractivity contribution is 5.84. The first kappa shape index (κ1) is 12.5. The Balaban J connectivity index is 1.75. The van der Waals surface area contributed by atoms with Crippen LogP contribution in [-0.2, 0) is 9.59 Å². The van der Waals surface area contributed by atoms with Crippen molar-refractivity contribution >= 4 is 11.7 Å². The molecule has 2 heterocycles. The third kappa shape index (κ3) is 3.51. The van der Waals surface area contributed by atoms with Crippen molar-refractivity contribution in [2.75, 3.05) is 52.9 Å². The van der Waals surface area contributed by atoms with Crippen LogP contribution in [0, 0.1) is 0 Å². The minimum Gasteiger partial charge on any atom is -0.341 e. The topological polar surface area (TPSA) is 43.9 Å². The van der Waals surface area contributed by atoms with Crippen LogP contribution in [0.5, 0.6) is 0 Å². The van der Waals surface area contributed by atoms with E-state index in [9.17, 15) is 9.59 Å². The number of hydrogen-bond donors (Lipinski definition) is 0. The summed E-state index contributed by atoms with van der Waals surface area (Å²) in [5.74, 6) is 0.468. The number of carbonyl (C=O) groups excluding carboxylic acids is 2. The Morgan fingerprint density at radius 2 is 1.65 bits per heavy atom. The Hall–Kier alpha value is -0.940. The zero-order valence-corrected chi connectivity index (χ0v) is 10.5. The van der Waals surface area contributed by atoms with Crippen LogP contribution in [-0.4, -0.2) is 79.3 Å². The maximum Gasteiger partial charge on any atom is 0.236 e. The SMILES string of the molecule is CN1CCN(CC(=O)N2CCC(=O)CC2)CC1. The molecule has 0 bridgehead atoms. The van der Waals surface area contributed by atoms with Crippen LogP contribution in [0.25, 0.3) is 0 Å². The zero-order valence-electron chi connectivity index (χ0n) is 10.5. The smallest absolute Gasteiger partial charge is 0.236 e. The van der Waals surface area contributed by atoms with Gasteiger partial charge in [0.1, 0.15) is 5.78 Å². The summed E-state index contributed by atoms with van der Waals surface area (Å²) < 4.78 is 0. The molecule has 2 saturated heterocycles. The Labute approximate surface area is 102 Å². The van der Waals surface area contributed by atoms with E-state index in [1.54, 1.807) is 0 Å². The second-order valence-corrected chi connectivity index (χ2v) is 5.00. The highest BCUT2D eigenvalue weighted by Crippen LogP contribution is 2.07. The van der Waals surface area contributed by atoms with E-state index in [2.05, 4.69) is 16.8 Å². The lowest BCUT2D eigenvalue weighted by Gasteiger charge is -2.34. The molecule has 2 aliphatic rings. The fourth-order valence-corrected chi connectivity index (χ4v) is 2.30.